The third-order valence-electron chi connectivity index (χ3n) is 3.58. The SMILES string of the molecule is CN(Cc1cc(Cl)ccc1O)CC1(O)CCCC1. The lowest BCUT2D eigenvalue weighted by atomic mass is 10.0. The summed E-state index contributed by atoms with van der Waals surface area (Å²) in [5, 5.41) is 20.7. The topological polar surface area (TPSA) is 43.7 Å². The van der Waals surface area contributed by atoms with Crippen molar-refractivity contribution in [1.82, 2.24) is 4.90 Å². The first kappa shape index (κ1) is 13.7. The van der Waals surface area contributed by atoms with E-state index in [0.717, 1.165) is 31.2 Å². The Morgan fingerprint density at radius 1 is 1.33 bits per heavy atom. The average Bonchev–Trinajstić information content (AvgIpc) is 2.70. The molecule has 1 aromatic carbocycles. The van der Waals surface area contributed by atoms with E-state index in [4.69, 9.17) is 11.6 Å². The van der Waals surface area contributed by atoms with Crippen LogP contribution in [0.15, 0.2) is 18.2 Å². The van der Waals surface area contributed by atoms with E-state index in [9.17, 15) is 10.2 Å². The van der Waals surface area contributed by atoms with Crippen LogP contribution in [-0.2, 0) is 6.54 Å². The molecule has 0 unspecified atom stereocenters. The summed E-state index contributed by atoms with van der Waals surface area (Å²) in [4.78, 5) is 2.04. The molecule has 100 valence electrons. The maximum atomic E-state index is 10.3. The zero-order valence-corrected chi connectivity index (χ0v) is 11.5. The summed E-state index contributed by atoms with van der Waals surface area (Å²) in [7, 11) is 1.95. The molecule has 0 heterocycles. The highest BCUT2D eigenvalue weighted by Gasteiger charge is 2.32. The van der Waals surface area contributed by atoms with Gasteiger partial charge in [-0.25, -0.2) is 0 Å². The molecule has 2 N–H and O–H groups in total. The van der Waals surface area contributed by atoms with Crippen LogP contribution in [0.4, 0.5) is 0 Å². The molecule has 0 aromatic heterocycles. The Morgan fingerprint density at radius 2 is 2.00 bits per heavy atom. The molecule has 1 aromatic rings. The lowest BCUT2D eigenvalue weighted by Crippen LogP contribution is -2.38. The van der Waals surface area contributed by atoms with Crippen LogP contribution in [0.5, 0.6) is 5.75 Å². The Kier molecular flexibility index (Phi) is 4.15. The van der Waals surface area contributed by atoms with Crippen molar-refractivity contribution in [1.29, 1.82) is 0 Å². The fraction of sp³-hybridized carbons (Fsp3) is 0.571. The number of phenolic OH excluding ortho intramolecular Hbond substituents is 1. The van der Waals surface area contributed by atoms with Gasteiger partial charge in [-0.3, -0.25) is 4.90 Å². The van der Waals surface area contributed by atoms with E-state index < -0.39 is 5.60 Å². The van der Waals surface area contributed by atoms with Crippen LogP contribution in [0.2, 0.25) is 5.02 Å². The van der Waals surface area contributed by atoms with Gasteiger partial charge in [0.05, 0.1) is 5.60 Å². The van der Waals surface area contributed by atoms with Crippen molar-refractivity contribution in [2.24, 2.45) is 0 Å². The highest BCUT2D eigenvalue weighted by atomic mass is 35.5. The van der Waals surface area contributed by atoms with E-state index in [0.29, 0.717) is 18.1 Å². The number of halogens is 1. The van der Waals surface area contributed by atoms with Gasteiger partial charge in [-0.05, 0) is 38.1 Å². The highest BCUT2D eigenvalue weighted by molar-refractivity contribution is 6.30. The van der Waals surface area contributed by atoms with Crippen LogP contribution in [0.1, 0.15) is 31.2 Å². The quantitative estimate of drug-likeness (QED) is 0.883. The fourth-order valence-electron chi connectivity index (χ4n) is 2.72. The Labute approximate surface area is 113 Å². The molecule has 1 fully saturated rings. The Hall–Kier alpha value is -0.770. The highest BCUT2D eigenvalue weighted by Crippen LogP contribution is 2.31. The van der Waals surface area contributed by atoms with Gasteiger partial charge in [-0.15, -0.1) is 0 Å². The number of aromatic hydroxyl groups is 1. The van der Waals surface area contributed by atoms with Crippen LogP contribution >= 0.6 is 11.6 Å². The second-order valence-electron chi connectivity index (χ2n) is 5.38. The predicted octanol–water partition coefficient (Wildman–Crippen LogP) is 2.78. The Bertz CT molecular complexity index is 416. The van der Waals surface area contributed by atoms with Gasteiger partial charge in [0.1, 0.15) is 5.75 Å². The number of nitrogens with zero attached hydrogens (tertiary/aromatic N) is 1. The van der Waals surface area contributed by atoms with Crippen molar-refractivity contribution in [3.63, 3.8) is 0 Å². The summed E-state index contributed by atoms with van der Waals surface area (Å²) in [5.74, 6) is 0.254. The number of phenols is 1. The number of rotatable bonds is 4. The molecule has 1 saturated carbocycles. The first-order valence-corrected chi connectivity index (χ1v) is 6.75. The zero-order chi connectivity index (χ0) is 13.2. The van der Waals surface area contributed by atoms with Crippen molar-refractivity contribution in [3.8, 4) is 5.75 Å². The van der Waals surface area contributed by atoms with Gasteiger partial charge in [0, 0.05) is 23.7 Å². The second kappa shape index (κ2) is 5.47. The molecule has 3 nitrogen and oxygen atoms in total. The molecule has 0 amide bonds. The first-order chi connectivity index (χ1) is 8.48. The largest absolute Gasteiger partial charge is 0.508 e. The van der Waals surface area contributed by atoms with E-state index in [1.165, 1.54) is 0 Å². The fourth-order valence-corrected chi connectivity index (χ4v) is 2.92. The van der Waals surface area contributed by atoms with E-state index in [1.807, 2.05) is 11.9 Å². The minimum absolute atomic E-state index is 0.254. The summed E-state index contributed by atoms with van der Waals surface area (Å²) in [6, 6.07) is 5.05. The van der Waals surface area contributed by atoms with Gasteiger partial charge in [0.15, 0.2) is 0 Å². The Morgan fingerprint density at radius 3 is 2.67 bits per heavy atom. The number of hydrogen-bond donors (Lipinski definition) is 2. The minimum atomic E-state index is -0.553. The van der Waals surface area contributed by atoms with Gasteiger partial charge in [0.2, 0.25) is 0 Å². The monoisotopic (exact) mass is 269 g/mol. The van der Waals surface area contributed by atoms with Crippen LogP contribution < -0.4 is 0 Å². The second-order valence-corrected chi connectivity index (χ2v) is 5.81. The van der Waals surface area contributed by atoms with Crippen molar-refractivity contribution in [2.75, 3.05) is 13.6 Å². The molecular weight excluding hydrogens is 250 g/mol. The van der Waals surface area contributed by atoms with Gasteiger partial charge >= 0.3 is 0 Å². The van der Waals surface area contributed by atoms with Gasteiger partial charge in [-0.2, -0.15) is 0 Å². The molecular formula is C14H20ClNO2. The molecule has 4 heteroatoms. The van der Waals surface area contributed by atoms with Crippen LogP contribution in [0.3, 0.4) is 0 Å². The normalized spacial score (nSPS) is 18.4. The first-order valence-electron chi connectivity index (χ1n) is 6.37. The van der Waals surface area contributed by atoms with Crippen LogP contribution in [0, 0.1) is 0 Å². The third-order valence-corrected chi connectivity index (χ3v) is 3.82. The van der Waals surface area contributed by atoms with Gasteiger partial charge < -0.3 is 10.2 Å². The average molecular weight is 270 g/mol. The van der Waals surface area contributed by atoms with E-state index in [2.05, 4.69) is 0 Å². The van der Waals surface area contributed by atoms with Crippen molar-refractivity contribution in [2.45, 2.75) is 37.8 Å². The van der Waals surface area contributed by atoms with Gasteiger partial charge in [-0.1, -0.05) is 24.4 Å². The van der Waals surface area contributed by atoms with Crippen molar-refractivity contribution >= 4 is 11.6 Å². The van der Waals surface area contributed by atoms with Crippen molar-refractivity contribution in [3.05, 3.63) is 28.8 Å². The van der Waals surface area contributed by atoms with E-state index in [-0.39, 0.29) is 5.75 Å². The molecule has 0 atom stereocenters. The molecule has 0 spiro atoms. The smallest absolute Gasteiger partial charge is 0.120 e. The lowest BCUT2D eigenvalue weighted by Gasteiger charge is -2.28. The molecule has 0 bridgehead atoms. The van der Waals surface area contributed by atoms with E-state index in [1.54, 1.807) is 18.2 Å². The number of aliphatic hydroxyl groups is 1. The molecule has 0 aliphatic heterocycles. The van der Waals surface area contributed by atoms with Crippen molar-refractivity contribution < 1.29 is 10.2 Å². The van der Waals surface area contributed by atoms with Crippen LogP contribution in [-0.4, -0.2) is 34.3 Å². The number of benzene rings is 1. The molecule has 18 heavy (non-hydrogen) atoms. The lowest BCUT2D eigenvalue weighted by molar-refractivity contribution is 0.0144. The molecule has 0 radical (unpaired) electrons. The standard InChI is InChI=1S/C14H20ClNO2/c1-16(10-14(18)6-2-3-7-14)9-11-8-12(15)4-5-13(11)17/h4-5,8,17-18H,2-3,6-7,9-10H2,1H3. The number of likely N-dealkylation sites (N-methyl/N-ethyl adjacent to an activating group) is 1. The molecule has 0 saturated heterocycles. The van der Waals surface area contributed by atoms with E-state index >= 15 is 0 Å². The number of hydrogen-bond acceptors (Lipinski definition) is 3. The van der Waals surface area contributed by atoms with Crippen LogP contribution in [0.25, 0.3) is 0 Å². The summed E-state index contributed by atoms with van der Waals surface area (Å²) in [5.41, 5.74) is 0.245. The maximum absolute atomic E-state index is 10.3. The minimum Gasteiger partial charge on any atom is -0.508 e. The molecule has 2 rings (SSSR count). The summed E-state index contributed by atoms with van der Waals surface area (Å²) in [6.45, 7) is 1.23. The summed E-state index contributed by atoms with van der Waals surface area (Å²) >= 11 is 5.92. The van der Waals surface area contributed by atoms with Gasteiger partial charge in [0.25, 0.3) is 0 Å². The summed E-state index contributed by atoms with van der Waals surface area (Å²) < 4.78 is 0. The molecule has 1 aliphatic rings. The predicted molar refractivity (Wildman–Crippen MR) is 72.9 cm³/mol. The molecule has 1 aliphatic carbocycles. The zero-order valence-electron chi connectivity index (χ0n) is 10.7. The maximum Gasteiger partial charge on any atom is 0.120 e. The Balaban J connectivity index is 1.98. The third kappa shape index (κ3) is 3.37. The summed E-state index contributed by atoms with van der Waals surface area (Å²) in [6.07, 6.45) is 3.96.